The van der Waals surface area contributed by atoms with Crippen LogP contribution in [-0.2, 0) is 0 Å². The molecule has 0 aromatic heterocycles. The number of likely N-dealkylation sites (N-methyl/N-ethyl adjacent to an activating group) is 2. The number of rotatable bonds is 7. The average molecular weight is 276 g/mol. The first kappa shape index (κ1) is 15.3. The monoisotopic (exact) mass is 276 g/mol. The van der Waals surface area contributed by atoms with Crippen LogP contribution in [0.25, 0.3) is 0 Å². The van der Waals surface area contributed by atoms with E-state index in [4.69, 9.17) is 4.74 Å². The summed E-state index contributed by atoms with van der Waals surface area (Å²) in [6, 6.07) is 7.55. The molecule has 0 saturated heterocycles. The molecule has 1 fully saturated rings. The lowest BCUT2D eigenvalue weighted by atomic mass is 9.91. The number of aryl methyl sites for hydroxylation is 1. The molecule has 1 N–H and O–H groups in total. The second-order valence-corrected chi connectivity index (χ2v) is 5.88. The predicted molar refractivity (Wildman–Crippen MR) is 84.4 cm³/mol. The third-order valence-corrected chi connectivity index (χ3v) is 4.38. The Morgan fingerprint density at radius 2 is 2.15 bits per heavy atom. The number of benzene rings is 1. The van der Waals surface area contributed by atoms with E-state index >= 15 is 0 Å². The fraction of sp³-hybridized carbons (Fsp3) is 0.647. The number of ether oxygens (including phenoxy) is 1. The minimum atomic E-state index is 0.334. The van der Waals surface area contributed by atoms with Gasteiger partial charge in [-0.1, -0.05) is 31.0 Å². The standard InChI is InChI=1S/C17H28N2O/c1-5-18-16(12-19(3)14-7-6-8-14)15-11-13(2)9-10-17(15)20-4/h9-11,14,16,18H,5-8,12H2,1-4H3. The zero-order valence-electron chi connectivity index (χ0n) is 13.3. The summed E-state index contributed by atoms with van der Waals surface area (Å²) in [6.45, 7) is 6.32. The zero-order valence-corrected chi connectivity index (χ0v) is 13.3. The van der Waals surface area contributed by atoms with Gasteiger partial charge in [-0.25, -0.2) is 0 Å². The van der Waals surface area contributed by atoms with Crippen molar-refractivity contribution in [1.29, 1.82) is 0 Å². The topological polar surface area (TPSA) is 24.5 Å². The Kier molecular flexibility index (Phi) is 5.44. The summed E-state index contributed by atoms with van der Waals surface area (Å²) in [5.74, 6) is 0.989. The van der Waals surface area contributed by atoms with Gasteiger partial charge in [0.25, 0.3) is 0 Å². The lowest BCUT2D eigenvalue weighted by Crippen LogP contribution is -2.42. The predicted octanol–water partition coefficient (Wildman–Crippen LogP) is 3.14. The van der Waals surface area contributed by atoms with Crippen LogP contribution in [0.2, 0.25) is 0 Å². The average Bonchev–Trinajstić information content (AvgIpc) is 2.36. The molecule has 112 valence electrons. The number of nitrogens with one attached hydrogen (secondary N) is 1. The third kappa shape index (κ3) is 3.53. The third-order valence-electron chi connectivity index (χ3n) is 4.38. The second kappa shape index (κ2) is 7.09. The van der Waals surface area contributed by atoms with Crippen LogP contribution >= 0.6 is 0 Å². The molecule has 0 amide bonds. The molecule has 1 aliphatic carbocycles. The number of methoxy groups -OCH3 is 1. The van der Waals surface area contributed by atoms with Crippen LogP contribution in [0.5, 0.6) is 5.75 Å². The molecular weight excluding hydrogens is 248 g/mol. The van der Waals surface area contributed by atoms with Crippen LogP contribution in [0.1, 0.15) is 43.4 Å². The highest BCUT2D eigenvalue weighted by molar-refractivity contribution is 5.39. The van der Waals surface area contributed by atoms with Crippen molar-refractivity contribution in [1.82, 2.24) is 10.2 Å². The Morgan fingerprint density at radius 3 is 2.70 bits per heavy atom. The van der Waals surface area contributed by atoms with E-state index in [0.29, 0.717) is 6.04 Å². The summed E-state index contributed by atoms with van der Waals surface area (Å²) >= 11 is 0. The van der Waals surface area contributed by atoms with E-state index in [9.17, 15) is 0 Å². The number of nitrogens with zero attached hydrogens (tertiary/aromatic N) is 1. The molecule has 1 unspecified atom stereocenters. The van der Waals surface area contributed by atoms with E-state index < -0.39 is 0 Å². The molecule has 0 heterocycles. The largest absolute Gasteiger partial charge is 0.496 e. The van der Waals surface area contributed by atoms with E-state index in [1.54, 1.807) is 7.11 Å². The molecule has 1 aromatic rings. The van der Waals surface area contributed by atoms with E-state index in [0.717, 1.165) is 24.9 Å². The number of hydrogen-bond donors (Lipinski definition) is 1. The van der Waals surface area contributed by atoms with E-state index in [1.165, 1.54) is 30.4 Å². The maximum Gasteiger partial charge on any atom is 0.123 e. The quantitative estimate of drug-likeness (QED) is 0.828. The van der Waals surface area contributed by atoms with E-state index in [1.807, 2.05) is 0 Å². The molecule has 1 saturated carbocycles. The van der Waals surface area contributed by atoms with Gasteiger partial charge in [-0.3, -0.25) is 0 Å². The summed E-state index contributed by atoms with van der Waals surface area (Å²) in [4.78, 5) is 2.50. The summed E-state index contributed by atoms with van der Waals surface area (Å²) in [6.07, 6.45) is 4.08. The van der Waals surface area contributed by atoms with Crippen LogP contribution in [0.3, 0.4) is 0 Å². The molecule has 1 aliphatic rings. The molecule has 0 aliphatic heterocycles. The highest BCUT2D eigenvalue weighted by Crippen LogP contribution is 2.29. The van der Waals surface area contributed by atoms with Crippen molar-refractivity contribution in [3.8, 4) is 5.75 Å². The Bertz CT molecular complexity index is 429. The first-order valence-electron chi connectivity index (χ1n) is 7.73. The van der Waals surface area contributed by atoms with Gasteiger partial charge in [-0.2, -0.15) is 0 Å². The zero-order chi connectivity index (χ0) is 14.5. The summed E-state index contributed by atoms with van der Waals surface area (Å²) in [5.41, 5.74) is 2.57. The first-order valence-corrected chi connectivity index (χ1v) is 7.73. The summed E-state index contributed by atoms with van der Waals surface area (Å²) in [5, 5.41) is 3.61. The molecule has 0 bridgehead atoms. The fourth-order valence-corrected chi connectivity index (χ4v) is 2.91. The SMILES string of the molecule is CCNC(CN(C)C1CCC1)c1cc(C)ccc1OC. The van der Waals surface area contributed by atoms with Gasteiger partial charge < -0.3 is 15.0 Å². The van der Waals surface area contributed by atoms with Crippen LogP contribution in [-0.4, -0.2) is 38.2 Å². The van der Waals surface area contributed by atoms with Crippen molar-refractivity contribution in [2.24, 2.45) is 0 Å². The molecule has 0 spiro atoms. The molecule has 2 rings (SSSR count). The molecule has 3 heteroatoms. The van der Waals surface area contributed by atoms with Crippen LogP contribution < -0.4 is 10.1 Å². The van der Waals surface area contributed by atoms with Crippen molar-refractivity contribution in [3.63, 3.8) is 0 Å². The van der Waals surface area contributed by atoms with Gasteiger partial charge in [0.2, 0.25) is 0 Å². The Labute approximate surface area is 123 Å². The summed E-state index contributed by atoms with van der Waals surface area (Å²) in [7, 11) is 4.00. The highest BCUT2D eigenvalue weighted by atomic mass is 16.5. The van der Waals surface area contributed by atoms with Crippen LogP contribution in [0, 0.1) is 6.92 Å². The molecule has 1 aromatic carbocycles. The van der Waals surface area contributed by atoms with Crippen LogP contribution in [0.15, 0.2) is 18.2 Å². The van der Waals surface area contributed by atoms with Gasteiger partial charge in [0.15, 0.2) is 0 Å². The van der Waals surface area contributed by atoms with Gasteiger partial charge in [-0.05, 0) is 39.4 Å². The molecule has 0 radical (unpaired) electrons. The van der Waals surface area contributed by atoms with Gasteiger partial charge in [-0.15, -0.1) is 0 Å². The molecular formula is C17H28N2O. The van der Waals surface area contributed by atoms with Crippen molar-refractivity contribution in [2.75, 3.05) is 27.2 Å². The van der Waals surface area contributed by atoms with Gasteiger partial charge >= 0.3 is 0 Å². The van der Waals surface area contributed by atoms with Gasteiger partial charge in [0, 0.05) is 24.2 Å². The Balaban J connectivity index is 2.16. The van der Waals surface area contributed by atoms with Crippen molar-refractivity contribution in [3.05, 3.63) is 29.3 Å². The second-order valence-electron chi connectivity index (χ2n) is 5.88. The lowest BCUT2D eigenvalue weighted by molar-refractivity contribution is 0.145. The fourth-order valence-electron chi connectivity index (χ4n) is 2.91. The molecule has 20 heavy (non-hydrogen) atoms. The Hall–Kier alpha value is -1.06. The van der Waals surface area contributed by atoms with Crippen LogP contribution in [0.4, 0.5) is 0 Å². The van der Waals surface area contributed by atoms with E-state index in [-0.39, 0.29) is 0 Å². The normalized spacial score (nSPS) is 17.1. The first-order chi connectivity index (χ1) is 9.65. The highest BCUT2D eigenvalue weighted by Gasteiger charge is 2.25. The minimum absolute atomic E-state index is 0.334. The van der Waals surface area contributed by atoms with E-state index in [2.05, 4.69) is 49.3 Å². The number of hydrogen-bond acceptors (Lipinski definition) is 3. The smallest absolute Gasteiger partial charge is 0.123 e. The Morgan fingerprint density at radius 1 is 1.40 bits per heavy atom. The van der Waals surface area contributed by atoms with Gasteiger partial charge in [0.1, 0.15) is 5.75 Å². The van der Waals surface area contributed by atoms with Crippen molar-refractivity contribution >= 4 is 0 Å². The molecule has 3 nitrogen and oxygen atoms in total. The van der Waals surface area contributed by atoms with Crippen molar-refractivity contribution in [2.45, 2.75) is 45.2 Å². The van der Waals surface area contributed by atoms with Crippen molar-refractivity contribution < 1.29 is 4.74 Å². The minimum Gasteiger partial charge on any atom is -0.496 e. The van der Waals surface area contributed by atoms with Gasteiger partial charge in [0.05, 0.1) is 7.11 Å². The maximum absolute atomic E-state index is 5.55. The molecule has 1 atom stereocenters. The lowest BCUT2D eigenvalue weighted by Gasteiger charge is -2.37. The maximum atomic E-state index is 5.55. The summed E-state index contributed by atoms with van der Waals surface area (Å²) < 4.78 is 5.55.